The molecule has 0 N–H and O–H groups in total. The van der Waals surface area contributed by atoms with E-state index in [1.807, 2.05) is 18.2 Å². The molecule has 0 aromatic heterocycles. The van der Waals surface area contributed by atoms with Gasteiger partial charge in [-0.05, 0) is 50.0 Å². The van der Waals surface area contributed by atoms with E-state index in [1.54, 1.807) is 0 Å². The monoisotopic (exact) mass is 348 g/mol. The number of carbonyl (C=O) groups excluding carboxylic acids is 1. The second-order valence-electron chi connectivity index (χ2n) is 7.21. The van der Waals surface area contributed by atoms with Crippen LogP contribution in [0, 0.1) is 0 Å². The zero-order valence-electron chi connectivity index (χ0n) is 14.9. The van der Waals surface area contributed by atoms with Gasteiger partial charge in [0.15, 0.2) is 0 Å². The molecule has 1 atom stereocenters. The lowest BCUT2D eigenvalue weighted by Crippen LogP contribution is -2.46. The SMILES string of the molecule is CCN(CC)[C@@H]1CCN(C(=O)C2(c3cccc(Cl)c3)CCCC2)C1. The molecule has 0 radical (unpaired) electrons. The molecule has 132 valence electrons. The summed E-state index contributed by atoms with van der Waals surface area (Å²) in [5.74, 6) is 0.330. The summed E-state index contributed by atoms with van der Waals surface area (Å²) >= 11 is 6.22. The van der Waals surface area contributed by atoms with Gasteiger partial charge >= 0.3 is 0 Å². The number of benzene rings is 1. The van der Waals surface area contributed by atoms with Gasteiger partial charge in [-0.25, -0.2) is 0 Å². The minimum atomic E-state index is -0.344. The smallest absolute Gasteiger partial charge is 0.233 e. The van der Waals surface area contributed by atoms with E-state index in [-0.39, 0.29) is 5.41 Å². The van der Waals surface area contributed by atoms with E-state index >= 15 is 0 Å². The largest absolute Gasteiger partial charge is 0.340 e. The van der Waals surface area contributed by atoms with Gasteiger partial charge in [-0.15, -0.1) is 0 Å². The van der Waals surface area contributed by atoms with Gasteiger partial charge in [0.05, 0.1) is 5.41 Å². The quantitative estimate of drug-likeness (QED) is 0.800. The number of halogens is 1. The van der Waals surface area contributed by atoms with Crippen molar-refractivity contribution in [2.75, 3.05) is 26.2 Å². The molecule has 0 spiro atoms. The van der Waals surface area contributed by atoms with Crippen LogP contribution in [-0.2, 0) is 10.2 Å². The molecule has 2 fully saturated rings. The molecule has 1 aromatic rings. The Bertz CT molecular complexity index is 579. The number of rotatable bonds is 5. The van der Waals surface area contributed by atoms with E-state index in [2.05, 4.69) is 29.7 Å². The van der Waals surface area contributed by atoms with Crippen LogP contribution in [-0.4, -0.2) is 47.9 Å². The van der Waals surface area contributed by atoms with E-state index in [9.17, 15) is 4.79 Å². The Kier molecular flexibility index (Phi) is 5.51. The molecule has 3 rings (SSSR count). The third kappa shape index (κ3) is 3.21. The van der Waals surface area contributed by atoms with Crippen LogP contribution >= 0.6 is 11.6 Å². The molecule has 1 saturated heterocycles. The number of hydrogen-bond donors (Lipinski definition) is 0. The number of amides is 1. The molecule has 0 unspecified atom stereocenters. The summed E-state index contributed by atoms with van der Waals surface area (Å²) in [6.45, 7) is 8.30. The van der Waals surface area contributed by atoms with Gasteiger partial charge < -0.3 is 4.90 Å². The molecule has 1 aromatic carbocycles. The van der Waals surface area contributed by atoms with E-state index in [4.69, 9.17) is 11.6 Å². The normalized spacial score (nSPS) is 23.2. The zero-order valence-corrected chi connectivity index (χ0v) is 15.7. The third-order valence-electron chi connectivity index (χ3n) is 6.02. The Morgan fingerprint density at radius 2 is 2.00 bits per heavy atom. The average molecular weight is 349 g/mol. The van der Waals surface area contributed by atoms with Crippen molar-refractivity contribution in [1.82, 2.24) is 9.80 Å². The molecule has 1 amide bonds. The van der Waals surface area contributed by atoms with Gasteiger partial charge in [-0.1, -0.05) is 50.4 Å². The Morgan fingerprint density at radius 3 is 2.62 bits per heavy atom. The van der Waals surface area contributed by atoms with Crippen molar-refractivity contribution < 1.29 is 4.79 Å². The molecule has 1 aliphatic heterocycles. The second kappa shape index (κ2) is 7.45. The van der Waals surface area contributed by atoms with Crippen molar-refractivity contribution in [3.8, 4) is 0 Å². The first-order valence-electron chi connectivity index (χ1n) is 9.40. The van der Waals surface area contributed by atoms with Crippen LogP contribution in [0.15, 0.2) is 24.3 Å². The highest BCUT2D eigenvalue weighted by atomic mass is 35.5. The van der Waals surface area contributed by atoms with Crippen LogP contribution in [0.4, 0.5) is 0 Å². The van der Waals surface area contributed by atoms with Gasteiger partial charge in [-0.3, -0.25) is 9.69 Å². The Hall–Kier alpha value is -1.06. The van der Waals surface area contributed by atoms with Gasteiger partial charge in [-0.2, -0.15) is 0 Å². The van der Waals surface area contributed by atoms with E-state index in [0.717, 1.165) is 68.9 Å². The first-order valence-corrected chi connectivity index (χ1v) is 9.78. The summed E-state index contributed by atoms with van der Waals surface area (Å²) in [6, 6.07) is 8.48. The van der Waals surface area contributed by atoms with Crippen molar-refractivity contribution in [2.45, 2.75) is 57.4 Å². The van der Waals surface area contributed by atoms with Crippen molar-refractivity contribution in [1.29, 1.82) is 0 Å². The minimum Gasteiger partial charge on any atom is -0.340 e. The Balaban J connectivity index is 1.81. The van der Waals surface area contributed by atoms with Crippen LogP contribution in [0.3, 0.4) is 0 Å². The molecule has 3 nitrogen and oxygen atoms in total. The van der Waals surface area contributed by atoms with Crippen LogP contribution in [0.1, 0.15) is 51.5 Å². The lowest BCUT2D eigenvalue weighted by atomic mass is 9.77. The van der Waals surface area contributed by atoms with Gasteiger partial charge in [0.25, 0.3) is 0 Å². The molecular formula is C20H29ClN2O. The lowest BCUT2D eigenvalue weighted by Gasteiger charge is -2.34. The van der Waals surface area contributed by atoms with E-state index in [1.165, 1.54) is 0 Å². The van der Waals surface area contributed by atoms with Crippen molar-refractivity contribution in [3.05, 3.63) is 34.9 Å². The Morgan fingerprint density at radius 1 is 1.29 bits per heavy atom. The van der Waals surface area contributed by atoms with Crippen LogP contribution in [0.2, 0.25) is 5.02 Å². The maximum Gasteiger partial charge on any atom is 0.233 e. The third-order valence-corrected chi connectivity index (χ3v) is 6.26. The van der Waals surface area contributed by atoms with Crippen LogP contribution in [0.5, 0.6) is 0 Å². The minimum absolute atomic E-state index is 0.330. The summed E-state index contributed by atoms with van der Waals surface area (Å²) in [6.07, 6.45) is 5.27. The molecule has 1 aliphatic carbocycles. The predicted octanol–water partition coefficient (Wildman–Crippen LogP) is 4.09. The van der Waals surface area contributed by atoms with E-state index in [0.29, 0.717) is 11.9 Å². The highest BCUT2D eigenvalue weighted by Crippen LogP contribution is 2.43. The Labute approximate surface area is 151 Å². The first-order chi connectivity index (χ1) is 11.6. The summed E-state index contributed by atoms with van der Waals surface area (Å²) in [5, 5.41) is 0.731. The number of nitrogens with zero attached hydrogens (tertiary/aromatic N) is 2. The molecule has 1 saturated carbocycles. The molecule has 24 heavy (non-hydrogen) atoms. The van der Waals surface area contributed by atoms with Crippen LogP contribution < -0.4 is 0 Å². The highest BCUT2D eigenvalue weighted by Gasteiger charge is 2.46. The maximum atomic E-state index is 13.5. The zero-order chi connectivity index (χ0) is 17.2. The standard InChI is InChI=1S/C20H29ClN2O/c1-3-22(4-2)18-10-13-23(15-18)19(24)20(11-5-6-12-20)16-8-7-9-17(21)14-16/h7-9,14,18H,3-6,10-13,15H2,1-2H3/t18-/m1/s1. The molecule has 4 heteroatoms. The fourth-order valence-corrected chi connectivity index (χ4v) is 4.85. The topological polar surface area (TPSA) is 23.6 Å². The fourth-order valence-electron chi connectivity index (χ4n) is 4.66. The predicted molar refractivity (Wildman–Crippen MR) is 99.5 cm³/mol. The van der Waals surface area contributed by atoms with E-state index < -0.39 is 0 Å². The van der Waals surface area contributed by atoms with Crippen molar-refractivity contribution in [2.24, 2.45) is 0 Å². The molecular weight excluding hydrogens is 320 g/mol. The summed E-state index contributed by atoms with van der Waals surface area (Å²) < 4.78 is 0. The number of likely N-dealkylation sites (tertiary alicyclic amines) is 1. The van der Waals surface area contributed by atoms with Crippen LogP contribution in [0.25, 0.3) is 0 Å². The van der Waals surface area contributed by atoms with Crippen molar-refractivity contribution in [3.63, 3.8) is 0 Å². The maximum absolute atomic E-state index is 13.5. The van der Waals surface area contributed by atoms with Gasteiger partial charge in [0, 0.05) is 24.2 Å². The lowest BCUT2D eigenvalue weighted by molar-refractivity contribution is -0.136. The fraction of sp³-hybridized carbons (Fsp3) is 0.650. The molecule has 1 heterocycles. The number of hydrogen-bond acceptors (Lipinski definition) is 2. The number of carbonyl (C=O) groups is 1. The molecule has 2 aliphatic rings. The second-order valence-corrected chi connectivity index (χ2v) is 7.65. The summed E-state index contributed by atoms with van der Waals surface area (Å²) in [5.41, 5.74) is 0.770. The summed E-state index contributed by atoms with van der Waals surface area (Å²) in [4.78, 5) is 18.1. The number of likely N-dealkylation sites (N-methyl/N-ethyl adjacent to an activating group) is 1. The van der Waals surface area contributed by atoms with Gasteiger partial charge in [0.2, 0.25) is 5.91 Å². The highest BCUT2D eigenvalue weighted by molar-refractivity contribution is 6.30. The first kappa shape index (κ1) is 17.8. The molecule has 0 bridgehead atoms. The summed E-state index contributed by atoms with van der Waals surface area (Å²) in [7, 11) is 0. The average Bonchev–Trinajstić information content (AvgIpc) is 3.26. The van der Waals surface area contributed by atoms with Gasteiger partial charge in [0.1, 0.15) is 0 Å². The van der Waals surface area contributed by atoms with Crippen molar-refractivity contribution >= 4 is 17.5 Å².